The second-order valence-corrected chi connectivity index (χ2v) is 7.96. The van der Waals surface area contributed by atoms with E-state index in [0.29, 0.717) is 11.5 Å². The van der Waals surface area contributed by atoms with Crippen molar-refractivity contribution in [1.29, 1.82) is 5.26 Å². The molecule has 1 aromatic heterocycles. The number of thiazole rings is 1. The molecule has 0 aliphatic rings. The molecule has 0 aliphatic heterocycles. The number of nitriles is 1. The van der Waals surface area contributed by atoms with E-state index in [2.05, 4.69) is 75.4 Å². The normalized spacial score (nSPS) is 11.6. The molecule has 0 fully saturated rings. The highest BCUT2D eigenvalue weighted by Gasteiger charge is 2.09. The number of allylic oxidation sites excluding steroid dienone is 1. The molecule has 0 aliphatic carbocycles. The van der Waals surface area contributed by atoms with Gasteiger partial charge >= 0.3 is 0 Å². The van der Waals surface area contributed by atoms with Gasteiger partial charge in [0.05, 0.1) is 11.3 Å². The van der Waals surface area contributed by atoms with E-state index in [1.54, 1.807) is 0 Å². The Hall–Kier alpha value is -2.70. The largest absolute Gasteiger partial charge is 0.235 e. The lowest BCUT2D eigenvalue weighted by atomic mass is 10.0. The first-order valence-electron chi connectivity index (χ1n) is 9.35. The van der Waals surface area contributed by atoms with Gasteiger partial charge in [0.25, 0.3) is 0 Å². The van der Waals surface area contributed by atoms with Gasteiger partial charge in [-0.25, -0.2) is 4.98 Å². The molecule has 0 saturated heterocycles. The fourth-order valence-electron chi connectivity index (χ4n) is 2.97. The van der Waals surface area contributed by atoms with Crippen molar-refractivity contribution in [1.82, 2.24) is 4.98 Å². The van der Waals surface area contributed by atoms with Crippen LogP contribution in [-0.4, -0.2) is 4.98 Å². The Morgan fingerprint density at radius 1 is 1.07 bits per heavy atom. The predicted octanol–water partition coefficient (Wildman–Crippen LogP) is 6.64. The van der Waals surface area contributed by atoms with Crippen LogP contribution < -0.4 is 0 Å². The minimum absolute atomic E-state index is 0.604. The van der Waals surface area contributed by atoms with Crippen LogP contribution in [0.2, 0.25) is 0 Å². The lowest BCUT2D eigenvalue weighted by Gasteiger charge is -2.05. The number of hydrogen-bond acceptors (Lipinski definition) is 3. The van der Waals surface area contributed by atoms with Crippen molar-refractivity contribution >= 4 is 23.0 Å². The van der Waals surface area contributed by atoms with E-state index in [1.807, 2.05) is 11.5 Å². The molecule has 0 N–H and O–H groups in total. The Morgan fingerprint density at radius 2 is 1.74 bits per heavy atom. The molecule has 0 bridgehead atoms. The van der Waals surface area contributed by atoms with Gasteiger partial charge in [-0.05, 0) is 41.5 Å². The minimum atomic E-state index is 0.604. The highest BCUT2D eigenvalue weighted by molar-refractivity contribution is 7.11. The van der Waals surface area contributed by atoms with Gasteiger partial charge < -0.3 is 0 Å². The molecule has 1 heterocycles. The van der Waals surface area contributed by atoms with Gasteiger partial charge in [-0.1, -0.05) is 69.3 Å². The van der Waals surface area contributed by atoms with Gasteiger partial charge in [0.1, 0.15) is 11.1 Å². The summed E-state index contributed by atoms with van der Waals surface area (Å²) in [7, 11) is 0. The van der Waals surface area contributed by atoms with E-state index in [0.717, 1.165) is 34.7 Å². The van der Waals surface area contributed by atoms with E-state index >= 15 is 0 Å². The van der Waals surface area contributed by atoms with E-state index in [-0.39, 0.29) is 0 Å². The second-order valence-electron chi connectivity index (χ2n) is 7.10. The quantitative estimate of drug-likeness (QED) is 0.455. The fraction of sp³-hybridized carbons (Fsp3) is 0.250. The third kappa shape index (κ3) is 4.93. The zero-order valence-corrected chi connectivity index (χ0v) is 16.9. The topological polar surface area (TPSA) is 36.7 Å². The van der Waals surface area contributed by atoms with Crippen molar-refractivity contribution in [2.45, 2.75) is 33.6 Å². The Morgan fingerprint density at radius 3 is 2.33 bits per heavy atom. The number of nitrogens with zero attached hydrogens (tertiary/aromatic N) is 2. The van der Waals surface area contributed by atoms with E-state index < -0.39 is 0 Å². The summed E-state index contributed by atoms with van der Waals surface area (Å²) < 4.78 is 0. The van der Waals surface area contributed by atoms with Gasteiger partial charge in [-0.2, -0.15) is 5.26 Å². The molecule has 3 rings (SSSR count). The zero-order valence-electron chi connectivity index (χ0n) is 16.1. The first-order chi connectivity index (χ1) is 13.1. The molecule has 0 spiro atoms. The first-order valence-corrected chi connectivity index (χ1v) is 10.2. The summed E-state index contributed by atoms with van der Waals surface area (Å²) >= 11 is 1.52. The summed E-state index contributed by atoms with van der Waals surface area (Å²) in [6, 6.07) is 19.2. The highest BCUT2D eigenvalue weighted by Crippen LogP contribution is 2.27. The SMILES string of the molecule is CCc1ccc(/C=C(/C#N)c2nc(-c3ccc(CC(C)C)cc3)cs2)cc1. The minimum Gasteiger partial charge on any atom is -0.235 e. The monoisotopic (exact) mass is 372 g/mol. The Kier molecular flexibility index (Phi) is 6.21. The third-order valence-corrected chi connectivity index (χ3v) is 5.32. The van der Waals surface area contributed by atoms with Crippen LogP contribution in [0, 0.1) is 17.2 Å². The van der Waals surface area contributed by atoms with Crippen LogP contribution in [0.1, 0.15) is 42.5 Å². The van der Waals surface area contributed by atoms with Crippen molar-refractivity contribution in [2.75, 3.05) is 0 Å². The Balaban J connectivity index is 1.82. The van der Waals surface area contributed by atoms with Crippen LogP contribution in [0.5, 0.6) is 0 Å². The summed E-state index contributed by atoms with van der Waals surface area (Å²) in [6.45, 7) is 6.59. The lowest BCUT2D eigenvalue weighted by Crippen LogP contribution is -1.93. The predicted molar refractivity (Wildman–Crippen MR) is 115 cm³/mol. The number of aromatic nitrogens is 1. The van der Waals surface area contributed by atoms with Crippen LogP contribution in [0.25, 0.3) is 22.9 Å². The molecule has 0 saturated carbocycles. The van der Waals surface area contributed by atoms with Crippen LogP contribution in [0.15, 0.2) is 53.9 Å². The average molecular weight is 373 g/mol. The summed E-state index contributed by atoms with van der Waals surface area (Å²) in [5.74, 6) is 0.649. The van der Waals surface area contributed by atoms with E-state index in [1.165, 1.54) is 22.5 Å². The Labute approximate surface area is 165 Å². The Bertz CT molecular complexity index is 955. The van der Waals surface area contributed by atoms with Crippen LogP contribution in [-0.2, 0) is 12.8 Å². The van der Waals surface area contributed by atoms with Gasteiger partial charge in [0.2, 0.25) is 0 Å². The van der Waals surface area contributed by atoms with Gasteiger partial charge in [-0.15, -0.1) is 11.3 Å². The molecular formula is C24H24N2S. The molecule has 0 amide bonds. The molecule has 0 radical (unpaired) electrons. The molecule has 0 atom stereocenters. The fourth-order valence-corrected chi connectivity index (χ4v) is 3.77. The zero-order chi connectivity index (χ0) is 19.2. The van der Waals surface area contributed by atoms with Crippen LogP contribution in [0.4, 0.5) is 0 Å². The van der Waals surface area contributed by atoms with Crippen molar-refractivity contribution in [2.24, 2.45) is 5.92 Å². The van der Waals surface area contributed by atoms with E-state index in [9.17, 15) is 5.26 Å². The van der Waals surface area contributed by atoms with Crippen LogP contribution >= 0.6 is 11.3 Å². The smallest absolute Gasteiger partial charge is 0.134 e. The summed E-state index contributed by atoms with van der Waals surface area (Å²) in [4.78, 5) is 4.70. The maximum atomic E-state index is 9.59. The molecular weight excluding hydrogens is 348 g/mol. The van der Waals surface area contributed by atoms with E-state index in [4.69, 9.17) is 4.98 Å². The van der Waals surface area contributed by atoms with Gasteiger partial charge in [0.15, 0.2) is 0 Å². The molecule has 3 aromatic rings. The van der Waals surface area contributed by atoms with Gasteiger partial charge in [0, 0.05) is 10.9 Å². The van der Waals surface area contributed by atoms with Gasteiger partial charge in [-0.3, -0.25) is 0 Å². The summed E-state index contributed by atoms with van der Waals surface area (Å²) in [6.07, 6.45) is 4.01. The molecule has 2 nitrogen and oxygen atoms in total. The molecule has 3 heteroatoms. The standard InChI is InChI=1S/C24H24N2S/c1-4-18-5-7-20(8-6-18)14-22(15-25)24-26-23(16-27-24)21-11-9-19(10-12-21)13-17(2)3/h5-12,14,16-17H,4,13H2,1-3H3/b22-14-. The van der Waals surface area contributed by atoms with Crippen molar-refractivity contribution in [3.63, 3.8) is 0 Å². The molecule has 136 valence electrons. The first kappa shape index (κ1) is 19.1. The molecule has 27 heavy (non-hydrogen) atoms. The second kappa shape index (κ2) is 8.79. The highest BCUT2D eigenvalue weighted by atomic mass is 32.1. The van der Waals surface area contributed by atoms with Crippen molar-refractivity contribution < 1.29 is 0 Å². The third-order valence-electron chi connectivity index (χ3n) is 4.45. The number of aryl methyl sites for hydroxylation is 1. The average Bonchev–Trinajstić information content (AvgIpc) is 3.16. The maximum absolute atomic E-state index is 9.59. The summed E-state index contributed by atoms with van der Waals surface area (Å²) in [5.41, 5.74) is 6.29. The van der Waals surface area contributed by atoms with Crippen molar-refractivity contribution in [3.8, 4) is 17.3 Å². The number of benzene rings is 2. The van der Waals surface area contributed by atoms with Crippen molar-refractivity contribution in [3.05, 3.63) is 75.6 Å². The van der Waals surface area contributed by atoms with Crippen LogP contribution in [0.3, 0.4) is 0 Å². The maximum Gasteiger partial charge on any atom is 0.134 e. The molecule has 0 unspecified atom stereocenters. The number of rotatable bonds is 6. The summed E-state index contributed by atoms with van der Waals surface area (Å²) in [5, 5.41) is 12.4. The molecule has 2 aromatic carbocycles. The lowest BCUT2D eigenvalue weighted by molar-refractivity contribution is 0.647. The number of hydrogen-bond donors (Lipinski definition) is 0.